The number of rotatable bonds is 5. The number of β-amino-alcohol motifs (C(OH)–C–C–N with tert-alkyl or cyclic N) is 1. The minimum atomic E-state index is -0.574. The molecule has 1 saturated heterocycles. The standard InChI is InChI=1S/C23H24FN7O3/c24-16-8-26-18-2-4-21(33)31-15(12-34-23(16)22(18)31)10-29-6-5-17(19(32)11-29)25-7-14-1-3-20-27-13-28-30(20)9-14/h1-4,8-9,13,15,17,19,25,32H,5-7,10-12H2/t15-,17+,19-/m1/s1. The Morgan fingerprint density at radius 2 is 2.15 bits per heavy atom. The molecular weight excluding hydrogens is 441 g/mol. The van der Waals surface area contributed by atoms with Gasteiger partial charge in [-0.3, -0.25) is 19.2 Å². The van der Waals surface area contributed by atoms with Crippen molar-refractivity contribution in [2.45, 2.75) is 31.2 Å². The lowest BCUT2D eigenvalue weighted by molar-refractivity contribution is 0.0295. The molecule has 176 valence electrons. The highest BCUT2D eigenvalue weighted by Gasteiger charge is 2.32. The van der Waals surface area contributed by atoms with E-state index in [2.05, 4.69) is 25.3 Å². The third-order valence-electron chi connectivity index (χ3n) is 6.68. The lowest BCUT2D eigenvalue weighted by atomic mass is 10.0. The van der Waals surface area contributed by atoms with Gasteiger partial charge in [-0.2, -0.15) is 5.10 Å². The Kier molecular flexibility index (Phi) is 5.24. The molecule has 0 spiro atoms. The molecule has 0 aromatic carbocycles. The van der Waals surface area contributed by atoms with Crippen molar-refractivity contribution in [3.05, 3.63) is 64.7 Å². The fraction of sp³-hybridized carbons (Fsp3) is 0.391. The molecule has 10 nitrogen and oxygen atoms in total. The summed E-state index contributed by atoms with van der Waals surface area (Å²) < 4.78 is 23.3. The van der Waals surface area contributed by atoms with Crippen LogP contribution in [-0.4, -0.2) is 72.5 Å². The SMILES string of the molecule is O=c1ccc2ncc(F)c3c2n1[C@H](CN1CC[C@H](NCc2ccc4ncnn4c2)[C@H](O)C1)CO3. The van der Waals surface area contributed by atoms with Crippen LogP contribution in [0.4, 0.5) is 4.39 Å². The van der Waals surface area contributed by atoms with Crippen molar-refractivity contribution in [2.75, 3.05) is 26.2 Å². The Morgan fingerprint density at radius 3 is 3.03 bits per heavy atom. The monoisotopic (exact) mass is 465 g/mol. The summed E-state index contributed by atoms with van der Waals surface area (Å²) in [6, 6.07) is 6.61. The molecule has 4 aromatic rings. The van der Waals surface area contributed by atoms with Gasteiger partial charge in [0.2, 0.25) is 0 Å². The third-order valence-corrected chi connectivity index (χ3v) is 6.68. The second-order valence-electron chi connectivity index (χ2n) is 8.88. The number of aliphatic hydroxyl groups is 1. The van der Waals surface area contributed by atoms with Crippen molar-refractivity contribution in [2.24, 2.45) is 0 Å². The number of piperidine rings is 1. The van der Waals surface area contributed by atoms with Crippen LogP contribution in [0.15, 0.2) is 47.8 Å². The van der Waals surface area contributed by atoms with Crippen molar-refractivity contribution in [1.29, 1.82) is 0 Å². The van der Waals surface area contributed by atoms with E-state index in [4.69, 9.17) is 4.74 Å². The number of pyridine rings is 3. The Hall–Kier alpha value is -3.41. The first kappa shape index (κ1) is 21.1. The van der Waals surface area contributed by atoms with Crippen molar-refractivity contribution < 1.29 is 14.2 Å². The zero-order valence-corrected chi connectivity index (χ0v) is 18.3. The van der Waals surface area contributed by atoms with Crippen LogP contribution in [0.25, 0.3) is 16.7 Å². The van der Waals surface area contributed by atoms with Gasteiger partial charge >= 0.3 is 0 Å². The minimum Gasteiger partial charge on any atom is -0.486 e. The maximum Gasteiger partial charge on any atom is 0.251 e. The van der Waals surface area contributed by atoms with Crippen LogP contribution in [0.5, 0.6) is 5.75 Å². The number of nitrogens with zero attached hydrogens (tertiary/aromatic N) is 6. The average molecular weight is 465 g/mol. The van der Waals surface area contributed by atoms with Gasteiger partial charge in [-0.1, -0.05) is 6.07 Å². The Labute approximate surface area is 193 Å². The average Bonchev–Trinajstić information content (AvgIpc) is 3.31. The molecule has 1 fully saturated rings. The zero-order chi connectivity index (χ0) is 23.2. The summed E-state index contributed by atoms with van der Waals surface area (Å²) in [7, 11) is 0. The maximum atomic E-state index is 14.2. The molecule has 3 atom stereocenters. The van der Waals surface area contributed by atoms with Gasteiger partial charge in [0, 0.05) is 37.9 Å². The molecule has 6 rings (SSSR count). The molecule has 0 amide bonds. The number of nitrogens with one attached hydrogen (secondary N) is 1. The van der Waals surface area contributed by atoms with Crippen LogP contribution in [0.3, 0.4) is 0 Å². The molecule has 0 radical (unpaired) electrons. The molecule has 0 bridgehead atoms. The first-order valence-corrected chi connectivity index (χ1v) is 11.3. The number of halogens is 1. The van der Waals surface area contributed by atoms with E-state index in [9.17, 15) is 14.3 Å². The van der Waals surface area contributed by atoms with E-state index >= 15 is 0 Å². The lowest BCUT2D eigenvalue weighted by Gasteiger charge is -2.39. The quantitative estimate of drug-likeness (QED) is 0.444. The second-order valence-corrected chi connectivity index (χ2v) is 8.88. The van der Waals surface area contributed by atoms with Crippen LogP contribution in [0.1, 0.15) is 18.0 Å². The van der Waals surface area contributed by atoms with E-state index in [1.54, 1.807) is 15.1 Å². The summed E-state index contributed by atoms with van der Waals surface area (Å²) in [5.74, 6) is -0.499. The molecule has 2 aliphatic rings. The van der Waals surface area contributed by atoms with Crippen molar-refractivity contribution in [1.82, 2.24) is 34.4 Å². The van der Waals surface area contributed by atoms with E-state index < -0.39 is 11.9 Å². The molecule has 0 saturated carbocycles. The highest BCUT2D eigenvalue weighted by molar-refractivity contribution is 5.82. The van der Waals surface area contributed by atoms with Gasteiger partial charge in [-0.15, -0.1) is 0 Å². The first-order chi connectivity index (χ1) is 16.6. The van der Waals surface area contributed by atoms with E-state index in [1.807, 2.05) is 18.3 Å². The van der Waals surface area contributed by atoms with E-state index in [0.717, 1.165) is 30.4 Å². The number of hydrogen-bond donors (Lipinski definition) is 2. The second kappa shape index (κ2) is 8.42. The minimum absolute atomic E-state index is 0.0459. The van der Waals surface area contributed by atoms with Gasteiger partial charge in [0.1, 0.15) is 18.5 Å². The molecule has 4 aromatic heterocycles. The lowest BCUT2D eigenvalue weighted by Crippen LogP contribution is -2.54. The van der Waals surface area contributed by atoms with E-state index in [1.165, 1.54) is 12.4 Å². The predicted molar refractivity (Wildman–Crippen MR) is 121 cm³/mol. The number of aliphatic hydroxyl groups excluding tert-OH is 1. The highest BCUT2D eigenvalue weighted by atomic mass is 19.1. The molecule has 2 N–H and O–H groups in total. The van der Waals surface area contributed by atoms with Gasteiger partial charge in [0.05, 0.1) is 23.9 Å². The summed E-state index contributed by atoms with van der Waals surface area (Å²) >= 11 is 0. The van der Waals surface area contributed by atoms with Gasteiger partial charge in [0.25, 0.3) is 5.56 Å². The number of aromatic nitrogens is 5. The topological polar surface area (TPSA) is 110 Å². The molecule has 0 aliphatic carbocycles. The molecule has 0 unspecified atom stereocenters. The van der Waals surface area contributed by atoms with Crippen LogP contribution in [-0.2, 0) is 6.54 Å². The number of hydrogen-bond acceptors (Lipinski definition) is 8. The van der Waals surface area contributed by atoms with Crippen LogP contribution < -0.4 is 15.6 Å². The largest absolute Gasteiger partial charge is 0.486 e. The highest BCUT2D eigenvalue weighted by Crippen LogP contribution is 2.32. The maximum absolute atomic E-state index is 14.2. The van der Waals surface area contributed by atoms with Crippen LogP contribution >= 0.6 is 0 Å². The van der Waals surface area contributed by atoms with Gasteiger partial charge in [-0.05, 0) is 30.7 Å². The molecule has 34 heavy (non-hydrogen) atoms. The zero-order valence-electron chi connectivity index (χ0n) is 18.3. The summed E-state index contributed by atoms with van der Waals surface area (Å²) in [5, 5.41) is 18.4. The molecule has 11 heteroatoms. The van der Waals surface area contributed by atoms with Crippen molar-refractivity contribution >= 4 is 16.7 Å². The van der Waals surface area contributed by atoms with Gasteiger partial charge in [0.15, 0.2) is 17.2 Å². The first-order valence-electron chi connectivity index (χ1n) is 11.3. The number of fused-ring (bicyclic) bond motifs is 1. The fourth-order valence-electron chi connectivity index (χ4n) is 4.97. The number of ether oxygens (including phenoxy) is 1. The van der Waals surface area contributed by atoms with Crippen molar-refractivity contribution in [3.8, 4) is 5.75 Å². The van der Waals surface area contributed by atoms with Crippen LogP contribution in [0.2, 0.25) is 0 Å². The predicted octanol–water partition coefficient (Wildman–Crippen LogP) is 0.737. The van der Waals surface area contributed by atoms with Gasteiger partial charge < -0.3 is 15.2 Å². The third kappa shape index (κ3) is 3.71. The fourth-order valence-corrected chi connectivity index (χ4v) is 4.97. The van der Waals surface area contributed by atoms with Gasteiger partial charge in [-0.25, -0.2) is 13.9 Å². The number of likely N-dealkylation sites (tertiary alicyclic amines) is 1. The molecular formula is C23H24FN7O3. The summed E-state index contributed by atoms with van der Waals surface area (Å²) in [4.78, 5) is 23.1. The van der Waals surface area contributed by atoms with E-state index in [-0.39, 0.29) is 30.0 Å². The smallest absolute Gasteiger partial charge is 0.251 e. The Bertz CT molecular complexity index is 1420. The summed E-state index contributed by atoms with van der Waals surface area (Å²) in [6.07, 6.45) is 4.75. The van der Waals surface area contributed by atoms with Crippen LogP contribution in [0, 0.1) is 5.82 Å². The molecule has 6 heterocycles. The molecule has 2 aliphatic heterocycles. The Balaban J connectivity index is 1.12. The summed E-state index contributed by atoms with van der Waals surface area (Å²) in [6.45, 7) is 2.54. The normalized spacial score (nSPS) is 22.8. The van der Waals surface area contributed by atoms with Crippen molar-refractivity contribution in [3.63, 3.8) is 0 Å². The summed E-state index contributed by atoms with van der Waals surface area (Å²) in [5.41, 5.74) is 2.55. The Morgan fingerprint density at radius 1 is 1.24 bits per heavy atom. The van der Waals surface area contributed by atoms with E-state index in [0.29, 0.717) is 30.7 Å².